The normalized spacial score (nSPS) is 21.8. The number of hydrogen-bond acceptors (Lipinski definition) is 8. The van der Waals surface area contributed by atoms with Gasteiger partial charge in [-0.05, 0) is 86.4 Å². The molecule has 2 fully saturated rings. The maximum absolute atomic E-state index is 13.8. The van der Waals surface area contributed by atoms with Gasteiger partial charge in [0, 0.05) is 87.7 Å². The molecule has 3 aromatic heterocycles. The number of imidazole rings is 1. The third-order valence-electron chi connectivity index (χ3n) is 12.1. The molecule has 12 heteroatoms. The van der Waals surface area contributed by atoms with Crippen molar-refractivity contribution in [2.45, 2.75) is 83.5 Å². The maximum atomic E-state index is 13.8. The molecule has 1 saturated carbocycles. The van der Waals surface area contributed by atoms with Crippen LogP contribution in [0.4, 0.5) is 5.69 Å². The number of likely N-dealkylation sites (tertiary alicyclic amines) is 1. The summed E-state index contributed by atoms with van der Waals surface area (Å²) in [6, 6.07) is 16.4. The van der Waals surface area contributed by atoms with E-state index < -0.39 is 11.6 Å². The molecule has 8 rings (SSSR count). The zero-order chi connectivity index (χ0) is 38.4. The fourth-order valence-electron chi connectivity index (χ4n) is 8.92. The molecular formula is C43H48ClN7O4. The number of fused-ring (bicyclic) bond motifs is 2. The summed E-state index contributed by atoms with van der Waals surface area (Å²) in [5.41, 5.74) is 8.70. The Morgan fingerprint density at radius 1 is 1.04 bits per heavy atom. The molecule has 0 radical (unpaired) electrons. The van der Waals surface area contributed by atoms with Gasteiger partial charge in [-0.3, -0.25) is 29.4 Å². The summed E-state index contributed by atoms with van der Waals surface area (Å²) in [4.78, 5) is 44.3. The van der Waals surface area contributed by atoms with Crippen LogP contribution in [0.15, 0.2) is 60.9 Å². The molecule has 0 bridgehead atoms. The van der Waals surface area contributed by atoms with Crippen molar-refractivity contribution in [3.63, 3.8) is 0 Å². The number of carbonyl (C=O) groups is 2. The quantitative estimate of drug-likeness (QED) is 0.148. The van der Waals surface area contributed by atoms with E-state index in [0.717, 1.165) is 101 Å². The fraction of sp³-hybridized carbons (Fsp3) is 0.419. The van der Waals surface area contributed by atoms with E-state index in [-0.39, 0.29) is 11.8 Å². The van der Waals surface area contributed by atoms with Crippen LogP contribution in [0.25, 0.3) is 22.0 Å². The second-order valence-corrected chi connectivity index (χ2v) is 16.3. The molecule has 5 aromatic rings. The van der Waals surface area contributed by atoms with Gasteiger partial charge in [0.2, 0.25) is 0 Å². The summed E-state index contributed by atoms with van der Waals surface area (Å²) in [5, 5.41) is 24.3. The van der Waals surface area contributed by atoms with E-state index >= 15 is 0 Å². The number of nitrogens with zero attached hydrogens (tertiary/aromatic N) is 6. The third kappa shape index (κ3) is 7.63. The van der Waals surface area contributed by atoms with Crippen LogP contribution in [0.1, 0.15) is 83.4 Å². The molecule has 2 aromatic carbocycles. The van der Waals surface area contributed by atoms with Gasteiger partial charge in [-0.2, -0.15) is 0 Å². The summed E-state index contributed by atoms with van der Waals surface area (Å²) < 4.78 is 1.89. The molecule has 1 atom stereocenters. The molecule has 55 heavy (non-hydrogen) atoms. The number of pyridine rings is 2. The highest BCUT2D eigenvalue weighted by Gasteiger charge is 2.34. The van der Waals surface area contributed by atoms with Crippen LogP contribution in [0.2, 0.25) is 5.02 Å². The largest absolute Gasteiger partial charge is 0.481 e. The Labute approximate surface area is 326 Å². The molecule has 2 aliphatic heterocycles. The molecule has 0 unspecified atom stereocenters. The van der Waals surface area contributed by atoms with Crippen LogP contribution in [0.3, 0.4) is 0 Å². The third-order valence-corrected chi connectivity index (χ3v) is 12.5. The van der Waals surface area contributed by atoms with E-state index in [9.17, 15) is 19.8 Å². The van der Waals surface area contributed by atoms with E-state index in [0.29, 0.717) is 54.9 Å². The molecule has 1 aliphatic carbocycles. The van der Waals surface area contributed by atoms with Crippen LogP contribution >= 0.6 is 11.6 Å². The Balaban J connectivity index is 0.975. The zero-order valence-electron chi connectivity index (χ0n) is 31.7. The fourth-order valence-corrected chi connectivity index (χ4v) is 9.20. The lowest BCUT2D eigenvalue weighted by Crippen LogP contribution is -2.42. The molecule has 1 amide bonds. The van der Waals surface area contributed by atoms with Gasteiger partial charge in [0.15, 0.2) is 5.82 Å². The number of aliphatic carboxylic acids is 1. The highest BCUT2D eigenvalue weighted by Crippen LogP contribution is 2.38. The van der Waals surface area contributed by atoms with Gasteiger partial charge in [0.25, 0.3) is 5.91 Å². The highest BCUT2D eigenvalue weighted by molar-refractivity contribution is 6.36. The number of aromatic nitrogens is 4. The second kappa shape index (κ2) is 15.1. The van der Waals surface area contributed by atoms with Crippen molar-refractivity contribution in [1.82, 2.24) is 29.3 Å². The minimum atomic E-state index is -0.693. The summed E-state index contributed by atoms with van der Waals surface area (Å²) in [7, 11) is 1.89. The van der Waals surface area contributed by atoms with Crippen LogP contribution < -0.4 is 5.32 Å². The molecular weight excluding hydrogens is 714 g/mol. The Bertz CT molecular complexity index is 2280. The maximum Gasteiger partial charge on any atom is 0.306 e. The number of hydrogen-bond donors (Lipinski definition) is 3. The number of nitrogens with one attached hydrogen (secondary N) is 1. The van der Waals surface area contributed by atoms with E-state index in [1.165, 1.54) is 0 Å². The van der Waals surface area contributed by atoms with E-state index in [2.05, 4.69) is 40.2 Å². The van der Waals surface area contributed by atoms with Gasteiger partial charge >= 0.3 is 5.97 Å². The van der Waals surface area contributed by atoms with Crippen LogP contribution in [0, 0.1) is 12.8 Å². The second-order valence-electron chi connectivity index (χ2n) is 16.0. The van der Waals surface area contributed by atoms with Gasteiger partial charge in [-0.15, -0.1) is 0 Å². The Morgan fingerprint density at radius 2 is 1.82 bits per heavy atom. The first-order valence-corrected chi connectivity index (χ1v) is 19.7. The molecule has 11 nitrogen and oxygen atoms in total. The number of halogens is 1. The van der Waals surface area contributed by atoms with Crippen LogP contribution in [-0.4, -0.2) is 82.7 Å². The monoisotopic (exact) mass is 761 g/mol. The van der Waals surface area contributed by atoms with Gasteiger partial charge in [0.1, 0.15) is 0 Å². The summed E-state index contributed by atoms with van der Waals surface area (Å²) >= 11 is 7.08. The minimum absolute atomic E-state index is 0.244. The van der Waals surface area contributed by atoms with E-state index in [4.69, 9.17) is 26.6 Å². The number of carboxylic acid groups (broad SMARTS) is 1. The number of benzene rings is 2. The molecule has 1 saturated heterocycles. The number of amides is 1. The van der Waals surface area contributed by atoms with Crippen molar-refractivity contribution < 1.29 is 19.8 Å². The number of carbonyl (C=O) groups excluding carboxylic acids is 1. The van der Waals surface area contributed by atoms with Gasteiger partial charge < -0.3 is 20.1 Å². The standard InChI is InChI=1S/C43H48ClN7O4/c1-26-29(21-35-39-30(14-17-45-35)20-27(22-46-39)23-50-19-16-43(2,55)25-50)6-4-7-32(26)33-8-5-9-34(38(33)44)48-41(52)40-47-36-24-51(18-15-37(36)49(40)3)31-12-10-28(11-13-31)42(53)54/h4-9,14,17,20,22,28,31,55H,10-13,15-16,18-19,21,23-25H2,1-3H3,(H,48,52)(H,53,54)/t28?,31?,43-/m0/s1. The van der Waals surface area contributed by atoms with Crippen LogP contribution in [0.5, 0.6) is 0 Å². The smallest absolute Gasteiger partial charge is 0.306 e. The minimum Gasteiger partial charge on any atom is -0.481 e. The Morgan fingerprint density at radius 3 is 2.58 bits per heavy atom. The summed E-state index contributed by atoms with van der Waals surface area (Å²) in [6.45, 7) is 7.78. The van der Waals surface area contributed by atoms with Crippen LogP contribution in [-0.2, 0) is 37.8 Å². The topological polar surface area (TPSA) is 137 Å². The van der Waals surface area contributed by atoms with Gasteiger partial charge in [-0.25, -0.2) is 4.98 Å². The van der Waals surface area contributed by atoms with Crippen molar-refractivity contribution >= 4 is 40.1 Å². The highest BCUT2D eigenvalue weighted by atomic mass is 35.5. The molecule has 0 spiro atoms. The first-order valence-electron chi connectivity index (χ1n) is 19.3. The first kappa shape index (κ1) is 37.3. The van der Waals surface area contributed by atoms with Crippen molar-refractivity contribution in [3.8, 4) is 11.1 Å². The molecule has 5 heterocycles. The lowest BCUT2D eigenvalue weighted by atomic mass is 9.85. The van der Waals surface area contributed by atoms with Crippen molar-refractivity contribution in [3.05, 3.63) is 106 Å². The van der Waals surface area contributed by atoms with E-state index in [1.807, 2.05) is 61.3 Å². The molecule has 3 aliphatic rings. The predicted molar refractivity (Wildman–Crippen MR) is 213 cm³/mol. The van der Waals surface area contributed by atoms with Crippen molar-refractivity contribution in [2.24, 2.45) is 13.0 Å². The SMILES string of the molecule is Cc1c(Cc2nccc3cc(CN4CC[C@](C)(O)C4)cnc23)cccc1-c1cccc(NC(=O)c2nc3c(n2C)CCN(C2CCC(C(=O)O)CC2)C3)c1Cl. The summed E-state index contributed by atoms with van der Waals surface area (Å²) in [6.07, 6.45) is 9.07. The number of anilines is 1. The predicted octanol–water partition coefficient (Wildman–Crippen LogP) is 6.79. The average Bonchev–Trinajstić information content (AvgIpc) is 3.70. The number of β-amino-alcohol motifs (C(OH)–C–C–N with tert-alkyl or cyclic N) is 1. The lowest BCUT2D eigenvalue weighted by Gasteiger charge is -2.37. The Hall–Kier alpha value is -4.68. The number of aliphatic hydroxyl groups is 1. The Kier molecular flexibility index (Phi) is 10.2. The molecule has 3 N–H and O–H groups in total. The van der Waals surface area contributed by atoms with E-state index in [1.54, 1.807) is 0 Å². The average molecular weight is 762 g/mol. The zero-order valence-corrected chi connectivity index (χ0v) is 32.4. The number of rotatable bonds is 9. The lowest BCUT2D eigenvalue weighted by molar-refractivity contribution is -0.143. The van der Waals surface area contributed by atoms with Crippen molar-refractivity contribution in [1.29, 1.82) is 0 Å². The van der Waals surface area contributed by atoms with Crippen molar-refractivity contribution in [2.75, 3.05) is 25.0 Å². The molecule has 286 valence electrons. The summed E-state index contributed by atoms with van der Waals surface area (Å²) in [5.74, 6) is -0.915. The number of carboxylic acids is 1. The first-order chi connectivity index (χ1) is 26.4. The van der Waals surface area contributed by atoms with Gasteiger partial charge in [-0.1, -0.05) is 41.9 Å². The van der Waals surface area contributed by atoms with Gasteiger partial charge in [0.05, 0.1) is 39.1 Å².